The summed E-state index contributed by atoms with van der Waals surface area (Å²) in [5.74, 6) is 0.595. The SMILES string of the molecule is O=C(c1cc(CN2CCCC(O)C2)on1)N1CCc2ccccc2C1. The predicted octanol–water partition coefficient (Wildman–Crippen LogP) is 1.83. The molecule has 0 saturated carbocycles. The van der Waals surface area contributed by atoms with Crippen LogP contribution in [0.3, 0.4) is 0 Å². The molecule has 1 aromatic heterocycles. The van der Waals surface area contributed by atoms with E-state index in [4.69, 9.17) is 4.52 Å². The number of piperidine rings is 1. The van der Waals surface area contributed by atoms with Crippen LogP contribution in [0.2, 0.25) is 0 Å². The molecule has 1 aromatic carbocycles. The van der Waals surface area contributed by atoms with Gasteiger partial charge < -0.3 is 14.5 Å². The lowest BCUT2D eigenvalue weighted by atomic mass is 10.00. The summed E-state index contributed by atoms with van der Waals surface area (Å²) in [6.45, 7) is 3.49. The first-order valence-corrected chi connectivity index (χ1v) is 8.91. The van der Waals surface area contributed by atoms with Gasteiger partial charge in [0.2, 0.25) is 0 Å². The second kappa shape index (κ2) is 6.98. The fourth-order valence-corrected chi connectivity index (χ4v) is 3.71. The summed E-state index contributed by atoms with van der Waals surface area (Å²) < 4.78 is 5.36. The third-order valence-corrected chi connectivity index (χ3v) is 5.06. The highest BCUT2D eigenvalue weighted by molar-refractivity contribution is 5.92. The third kappa shape index (κ3) is 3.60. The second-order valence-electron chi connectivity index (χ2n) is 6.96. The van der Waals surface area contributed by atoms with Crippen LogP contribution in [0.5, 0.6) is 0 Å². The van der Waals surface area contributed by atoms with Crippen molar-refractivity contribution >= 4 is 5.91 Å². The van der Waals surface area contributed by atoms with Gasteiger partial charge in [-0.2, -0.15) is 0 Å². The number of aromatic nitrogens is 1. The summed E-state index contributed by atoms with van der Waals surface area (Å²) in [7, 11) is 0. The van der Waals surface area contributed by atoms with Crippen molar-refractivity contribution in [2.75, 3.05) is 19.6 Å². The van der Waals surface area contributed by atoms with Gasteiger partial charge in [-0.05, 0) is 36.9 Å². The van der Waals surface area contributed by atoms with E-state index in [1.54, 1.807) is 6.07 Å². The van der Waals surface area contributed by atoms with Crippen molar-refractivity contribution in [1.82, 2.24) is 15.0 Å². The van der Waals surface area contributed by atoms with E-state index in [2.05, 4.69) is 22.2 Å². The summed E-state index contributed by atoms with van der Waals surface area (Å²) in [5.41, 5.74) is 2.89. The minimum Gasteiger partial charge on any atom is -0.392 e. The van der Waals surface area contributed by atoms with E-state index in [0.717, 1.165) is 25.8 Å². The number of carbonyl (C=O) groups is 1. The Kier molecular flexibility index (Phi) is 4.55. The first kappa shape index (κ1) is 16.3. The molecule has 0 spiro atoms. The monoisotopic (exact) mass is 341 g/mol. The van der Waals surface area contributed by atoms with Crippen molar-refractivity contribution in [3.05, 3.63) is 52.9 Å². The number of β-amino-alcohol motifs (C(OH)–C–C–N with tert-alkyl or cyclic N) is 1. The number of carbonyl (C=O) groups excluding carboxylic acids is 1. The minimum absolute atomic E-state index is 0.0804. The van der Waals surface area contributed by atoms with Gasteiger partial charge >= 0.3 is 0 Å². The van der Waals surface area contributed by atoms with Gasteiger partial charge in [-0.1, -0.05) is 29.4 Å². The molecule has 1 N–H and O–H groups in total. The average molecular weight is 341 g/mol. The highest BCUT2D eigenvalue weighted by atomic mass is 16.5. The summed E-state index contributed by atoms with van der Waals surface area (Å²) in [5, 5.41) is 13.7. The van der Waals surface area contributed by atoms with Crippen molar-refractivity contribution in [2.45, 2.75) is 38.5 Å². The number of benzene rings is 1. The molecule has 2 aliphatic heterocycles. The molecule has 1 atom stereocenters. The highest BCUT2D eigenvalue weighted by Crippen LogP contribution is 2.21. The highest BCUT2D eigenvalue weighted by Gasteiger charge is 2.25. The van der Waals surface area contributed by atoms with Gasteiger partial charge in [-0.3, -0.25) is 9.69 Å². The molecule has 6 heteroatoms. The number of hydrogen-bond donors (Lipinski definition) is 1. The van der Waals surface area contributed by atoms with Crippen LogP contribution < -0.4 is 0 Å². The summed E-state index contributed by atoms with van der Waals surface area (Å²) >= 11 is 0. The van der Waals surface area contributed by atoms with Crippen LogP contribution in [-0.4, -0.2) is 51.7 Å². The molecule has 132 valence electrons. The predicted molar refractivity (Wildman–Crippen MR) is 91.9 cm³/mol. The second-order valence-corrected chi connectivity index (χ2v) is 6.96. The maximum absolute atomic E-state index is 12.7. The Morgan fingerprint density at radius 2 is 2.12 bits per heavy atom. The van der Waals surface area contributed by atoms with E-state index in [0.29, 0.717) is 37.6 Å². The van der Waals surface area contributed by atoms with Crippen molar-refractivity contribution in [3.63, 3.8) is 0 Å². The lowest BCUT2D eigenvalue weighted by Gasteiger charge is -2.28. The van der Waals surface area contributed by atoms with Crippen LogP contribution in [0.15, 0.2) is 34.9 Å². The van der Waals surface area contributed by atoms with Gasteiger partial charge in [-0.25, -0.2) is 0 Å². The fraction of sp³-hybridized carbons (Fsp3) is 0.474. The van der Waals surface area contributed by atoms with Crippen LogP contribution in [0.4, 0.5) is 0 Å². The van der Waals surface area contributed by atoms with Gasteiger partial charge in [0, 0.05) is 25.7 Å². The van der Waals surface area contributed by atoms with E-state index in [-0.39, 0.29) is 12.0 Å². The van der Waals surface area contributed by atoms with Crippen LogP contribution in [0, 0.1) is 0 Å². The largest absolute Gasteiger partial charge is 0.392 e. The molecular weight excluding hydrogens is 318 g/mol. The quantitative estimate of drug-likeness (QED) is 0.922. The number of aliphatic hydroxyl groups excluding tert-OH is 1. The molecule has 0 bridgehead atoms. The van der Waals surface area contributed by atoms with Gasteiger partial charge in [0.25, 0.3) is 5.91 Å². The van der Waals surface area contributed by atoms with Crippen LogP contribution >= 0.6 is 0 Å². The summed E-state index contributed by atoms with van der Waals surface area (Å²) in [6, 6.07) is 9.98. The van der Waals surface area contributed by atoms with Crippen molar-refractivity contribution in [1.29, 1.82) is 0 Å². The normalized spacial score (nSPS) is 21.2. The van der Waals surface area contributed by atoms with Gasteiger partial charge in [0.1, 0.15) is 0 Å². The van der Waals surface area contributed by atoms with E-state index < -0.39 is 0 Å². The zero-order chi connectivity index (χ0) is 17.2. The first-order chi connectivity index (χ1) is 12.2. The smallest absolute Gasteiger partial charge is 0.276 e. The Morgan fingerprint density at radius 1 is 1.28 bits per heavy atom. The van der Waals surface area contributed by atoms with Crippen LogP contribution in [0.1, 0.15) is 40.2 Å². The molecule has 2 aromatic rings. The fourth-order valence-electron chi connectivity index (χ4n) is 3.71. The molecular formula is C19H23N3O3. The van der Waals surface area contributed by atoms with E-state index in [9.17, 15) is 9.90 Å². The van der Waals surface area contributed by atoms with Crippen LogP contribution in [-0.2, 0) is 19.5 Å². The molecule has 4 rings (SSSR count). The zero-order valence-corrected chi connectivity index (χ0v) is 14.2. The maximum Gasteiger partial charge on any atom is 0.276 e. The number of aliphatic hydroxyl groups is 1. The number of rotatable bonds is 3. The van der Waals surface area contributed by atoms with Gasteiger partial charge in [0.15, 0.2) is 11.5 Å². The molecule has 3 heterocycles. The van der Waals surface area contributed by atoms with Gasteiger partial charge in [0.05, 0.1) is 12.6 Å². The van der Waals surface area contributed by atoms with Crippen molar-refractivity contribution in [3.8, 4) is 0 Å². The molecule has 25 heavy (non-hydrogen) atoms. The standard InChI is InChI=1S/C19H23N3O3/c23-16-6-3-8-21(12-16)13-17-10-18(20-25-17)19(24)22-9-7-14-4-1-2-5-15(14)11-22/h1-2,4-5,10,16,23H,3,6-9,11-13H2. The van der Waals surface area contributed by atoms with E-state index >= 15 is 0 Å². The average Bonchev–Trinajstić information content (AvgIpc) is 3.09. The number of likely N-dealkylation sites (tertiary alicyclic amines) is 1. The van der Waals surface area contributed by atoms with E-state index in [1.165, 1.54) is 11.1 Å². The summed E-state index contributed by atoms with van der Waals surface area (Å²) in [4.78, 5) is 16.7. The number of nitrogens with zero attached hydrogens (tertiary/aromatic N) is 3. The topological polar surface area (TPSA) is 69.8 Å². The molecule has 1 fully saturated rings. The number of fused-ring (bicyclic) bond motifs is 1. The first-order valence-electron chi connectivity index (χ1n) is 8.91. The number of hydrogen-bond acceptors (Lipinski definition) is 5. The Labute approximate surface area is 147 Å². The Hall–Kier alpha value is -2.18. The van der Waals surface area contributed by atoms with Crippen molar-refractivity contribution < 1.29 is 14.4 Å². The third-order valence-electron chi connectivity index (χ3n) is 5.06. The van der Waals surface area contributed by atoms with E-state index in [1.807, 2.05) is 17.0 Å². The molecule has 0 aliphatic carbocycles. The minimum atomic E-state index is -0.272. The number of amides is 1. The Balaban J connectivity index is 1.41. The molecule has 6 nitrogen and oxygen atoms in total. The van der Waals surface area contributed by atoms with Crippen molar-refractivity contribution in [2.24, 2.45) is 0 Å². The molecule has 2 aliphatic rings. The maximum atomic E-state index is 12.7. The van der Waals surface area contributed by atoms with Gasteiger partial charge in [-0.15, -0.1) is 0 Å². The Morgan fingerprint density at radius 3 is 2.96 bits per heavy atom. The molecule has 1 saturated heterocycles. The molecule has 0 radical (unpaired) electrons. The molecule has 1 unspecified atom stereocenters. The Bertz CT molecular complexity index is 758. The molecule has 1 amide bonds. The van der Waals surface area contributed by atoms with Crippen LogP contribution in [0.25, 0.3) is 0 Å². The lowest BCUT2D eigenvalue weighted by Crippen LogP contribution is -2.37. The summed E-state index contributed by atoms with van der Waals surface area (Å²) in [6.07, 6.45) is 2.44. The zero-order valence-electron chi connectivity index (χ0n) is 14.2. The lowest BCUT2D eigenvalue weighted by molar-refractivity contribution is 0.0622.